The van der Waals surface area contributed by atoms with Crippen molar-refractivity contribution >= 4 is 11.0 Å². The Balaban J connectivity index is 1.73. The molecule has 0 spiro atoms. The minimum Gasteiger partial charge on any atom is -0.504 e. The Kier molecular flexibility index (Phi) is 8.92. The van der Waals surface area contributed by atoms with Crippen LogP contribution in [0, 0.1) is 0 Å². The minimum atomic E-state index is -1.60. The first-order chi connectivity index (χ1) is 16.6. The molecule has 1 saturated heterocycles. The van der Waals surface area contributed by atoms with Crippen molar-refractivity contribution in [2.45, 2.75) is 64.3 Å². The second-order valence-electron chi connectivity index (χ2n) is 8.72. The number of benzene rings is 1. The Morgan fingerprint density at radius 3 is 2.51 bits per heavy atom. The summed E-state index contributed by atoms with van der Waals surface area (Å²) in [5.41, 5.74) is 1.45. The smallest absolute Gasteiger partial charge is 0.383 e. The van der Waals surface area contributed by atoms with Gasteiger partial charge in [0, 0.05) is 6.07 Å². The zero-order valence-electron chi connectivity index (χ0n) is 19.9. The van der Waals surface area contributed by atoms with Crippen molar-refractivity contribution < 1.29 is 44.2 Å². The molecule has 2 heterocycles. The summed E-state index contributed by atoms with van der Waals surface area (Å²) in [6.45, 7) is 5.52. The van der Waals surface area contributed by atoms with Crippen molar-refractivity contribution in [1.82, 2.24) is 0 Å². The van der Waals surface area contributed by atoms with Gasteiger partial charge in [-0.1, -0.05) is 17.2 Å². The highest BCUT2D eigenvalue weighted by molar-refractivity contribution is 5.86. The third kappa shape index (κ3) is 6.41. The van der Waals surface area contributed by atoms with Gasteiger partial charge in [0.1, 0.15) is 42.4 Å². The fourth-order valence-corrected chi connectivity index (χ4v) is 3.61. The Morgan fingerprint density at radius 2 is 1.83 bits per heavy atom. The van der Waals surface area contributed by atoms with Gasteiger partial charge in [-0.2, -0.15) is 0 Å². The Labute approximate surface area is 202 Å². The number of ether oxygens (including phenoxy) is 3. The molecular weight excluding hydrogens is 460 g/mol. The molecule has 0 bridgehead atoms. The molecule has 3 rings (SSSR count). The van der Waals surface area contributed by atoms with E-state index in [4.69, 9.17) is 18.6 Å². The summed E-state index contributed by atoms with van der Waals surface area (Å²) in [6, 6.07) is 4.16. The summed E-state index contributed by atoms with van der Waals surface area (Å²) >= 11 is 0. The van der Waals surface area contributed by atoms with E-state index in [-0.39, 0.29) is 34.8 Å². The van der Waals surface area contributed by atoms with E-state index in [9.17, 15) is 30.3 Å². The van der Waals surface area contributed by atoms with E-state index in [2.05, 4.69) is 6.08 Å². The maximum absolute atomic E-state index is 12.4. The molecule has 5 atom stereocenters. The third-order valence-corrected chi connectivity index (χ3v) is 5.66. The molecule has 192 valence electrons. The van der Waals surface area contributed by atoms with Gasteiger partial charge in [-0.25, -0.2) is 4.79 Å². The van der Waals surface area contributed by atoms with Crippen LogP contribution in [0.25, 0.3) is 11.0 Å². The summed E-state index contributed by atoms with van der Waals surface area (Å²) < 4.78 is 21.6. The highest BCUT2D eigenvalue weighted by atomic mass is 16.7. The summed E-state index contributed by atoms with van der Waals surface area (Å²) in [7, 11) is 0. The Morgan fingerprint density at radius 1 is 1.09 bits per heavy atom. The maximum Gasteiger partial charge on any atom is 0.383 e. The Bertz CT molecular complexity index is 1130. The lowest BCUT2D eigenvalue weighted by Gasteiger charge is -2.39. The van der Waals surface area contributed by atoms with E-state index in [1.54, 1.807) is 0 Å². The van der Waals surface area contributed by atoms with Gasteiger partial charge >= 0.3 is 5.63 Å². The molecule has 10 nitrogen and oxygen atoms in total. The minimum absolute atomic E-state index is 0.00427. The molecular formula is C25H32O10. The molecule has 10 heteroatoms. The predicted molar refractivity (Wildman–Crippen MR) is 126 cm³/mol. The summed E-state index contributed by atoms with van der Waals surface area (Å²) in [5, 5.41) is 50.0. The molecule has 35 heavy (non-hydrogen) atoms. The molecule has 0 saturated carbocycles. The van der Waals surface area contributed by atoms with Crippen LogP contribution in [0.3, 0.4) is 0 Å². The number of fused-ring (bicyclic) bond motifs is 1. The number of aliphatic hydroxyl groups is 4. The number of aliphatic hydroxyl groups excluding tert-OH is 4. The topological polar surface area (TPSA) is 159 Å². The molecule has 5 N–H and O–H groups in total. The van der Waals surface area contributed by atoms with Crippen LogP contribution in [0.2, 0.25) is 0 Å². The van der Waals surface area contributed by atoms with Crippen molar-refractivity contribution in [3.05, 3.63) is 51.9 Å². The molecule has 1 fully saturated rings. The van der Waals surface area contributed by atoms with Crippen LogP contribution in [0.5, 0.6) is 17.2 Å². The third-order valence-electron chi connectivity index (χ3n) is 5.66. The van der Waals surface area contributed by atoms with Gasteiger partial charge in [0.15, 0.2) is 5.75 Å². The van der Waals surface area contributed by atoms with Crippen LogP contribution in [0.15, 0.2) is 50.7 Å². The van der Waals surface area contributed by atoms with Gasteiger partial charge < -0.3 is 44.2 Å². The van der Waals surface area contributed by atoms with Gasteiger partial charge in [0.05, 0.1) is 12.0 Å². The van der Waals surface area contributed by atoms with Crippen molar-refractivity contribution in [3.8, 4) is 17.2 Å². The van der Waals surface area contributed by atoms with Gasteiger partial charge in [0.25, 0.3) is 0 Å². The zero-order valence-corrected chi connectivity index (χ0v) is 19.9. The standard InChI is InChI=1S/C25H32O10/c1-13(2)5-4-6-14(3)9-10-32-23-19(27)16-8-7-15(11-17(16)34-24(23)31)33-25-22(30)21(29)20(28)18(12-26)35-25/h5,7-9,11,18,20-22,25-30H,4,6,10,12H2,1-3H3/t18-,20-,21+,22-,25-/m1/s1. The Hall–Kier alpha value is -2.89. The lowest BCUT2D eigenvalue weighted by atomic mass is 9.99. The molecule has 1 aliphatic heterocycles. The van der Waals surface area contributed by atoms with Crippen LogP contribution in [-0.4, -0.2) is 69.5 Å². The number of hydrogen-bond acceptors (Lipinski definition) is 10. The van der Waals surface area contributed by atoms with Crippen molar-refractivity contribution in [3.63, 3.8) is 0 Å². The summed E-state index contributed by atoms with van der Waals surface area (Å²) in [6.07, 6.45) is -1.53. The molecule has 1 aromatic heterocycles. The van der Waals surface area contributed by atoms with E-state index in [1.165, 1.54) is 23.8 Å². The zero-order chi connectivity index (χ0) is 25.7. The number of rotatable bonds is 9. The first-order valence-corrected chi connectivity index (χ1v) is 11.3. The van der Waals surface area contributed by atoms with Crippen LogP contribution >= 0.6 is 0 Å². The second kappa shape index (κ2) is 11.7. The molecule has 0 amide bonds. The first-order valence-electron chi connectivity index (χ1n) is 11.3. The fraction of sp³-hybridized carbons (Fsp3) is 0.480. The molecule has 1 aliphatic rings. The van der Waals surface area contributed by atoms with E-state index < -0.39 is 42.9 Å². The van der Waals surface area contributed by atoms with Crippen molar-refractivity contribution in [2.75, 3.05) is 13.2 Å². The normalized spacial score (nSPS) is 24.9. The molecule has 0 unspecified atom stereocenters. The largest absolute Gasteiger partial charge is 0.504 e. The van der Waals surface area contributed by atoms with Crippen LogP contribution in [0.1, 0.15) is 33.6 Å². The first kappa shape index (κ1) is 26.7. The van der Waals surface area contributed by atoms with Gasteiger partial charge in [-0.15, -0.1) is 0 Å². The molecule has 0 radical (unpaired) electrons. The van der Waals surface area contributed by atoms with E-state index >= 15 is 0 Å². The SMILES string of the molecule is CC(C)=CCCC(C)=CCOc1c(O)c2ccc(O[C@@H]3O[C@H](CO)[C@@H](O)[C@H](O)[C@H]3O)cc2oc1=O. The highest BCUT2D eigenvalue weighted by Gasteiger charge is 2.44. The summed E-state index contributed by atoms with van der Waals surface area (Å²) in [4.78, 5) is 12.4. The fourth-order valence-electron chi connectivity index (χ4n) is 3.61. The van der Waals surface area contributed by atoms with Gasteiger partial charge in [-0.05, 0) is 51.8 Å². The van der Waals surface area contributed by atoms with E-state index in [0.717, 1.165) is 18.4 Å². The lowest BCUT2D eigenvalue weighted by Crippen LogP contribution is -2.60. The number of hydrogen-bond donors (Lipinski definition) is 5. The molecule has 2 aromatic rings. The second-order valence-corrected chi connectivity index (χ2v) is 8.72. The highest BCUT2D eigenvalue weighted by Crippen LogP contribution is 2.34. The lowest BCUT2D eigenvalue weighted by molar-refractivity contribution is -0.277. The molecule has 0 aliphatic carbocycles. The number of allylic oxidation sites excluding steroid dienone is 3. The van der Waals surface area contributed by atoms with Crippen LogP contribution in [0.4, 0.5) is 0 Å². The quantitative estimate of drug-likeness (QED) is 0.258. The maximum atomic E-state index is 12.4. The van der Waals surface area contributed by atoms with Crippen molar-refractivity contribution in [2.24, 2.45) is 0 Å². The van der Waals surface area contributed by atoms with Gasteiger partial charge in [0.2, 0.25) is 12.0 Å². The average Bonchev–Trinajstić information content (AvgIpc) is 2.81. The average molecular weight is 493 g/mol. The summed E-state index contributed by atoms with van der Waals surface area (Å²) in [5.74, 6) is -0.604. The number of aromatic hydroxyl groups is 1. The monoisotopic (exact) mass is 492 g/mol. The van der Waals surface area contributed by atoms with Crippen LogP contribution in [-0.2, 0) is 4.74 Å². The predicted octanol–water partition coefficient (Wildman–Crippen LogP) is 1.75. The van der Waals surface area contributed by atoms with Crippen LogP contribution < -0.4 is 15.1 Å². The van der Waals surface area contributed by atoms with E-state index in [1.807, 2.05) is 26.8 Å². The van der Waals surface area contributed by atoms with E-state index in [0.29, 0.717) is 0 Å². The van der Waals surface area contributed by atoms with Gasteiger partial charge in [-0.3, -0.25) is 0 Å². The molecule has 1 aromatic carbocycles. The van der Waals surface area contributed by atoms with Crippen molar-refractivity contribution in [1.29, 1.82) is 0 Å².